The molecule has 2 aromatic carbocycles. The molecule has 0 saturated heterocycles. The van der Waals surface area contributed by atoms with Crippen LogP contribution in [0.5, 0.6) is 5.75 Å². The molecule has 0 fully saturated rings. The molecule has 0 spiro atoms. The highest BCUT2D eigenvalue weighted by molar-refractivity contribution is 7.87. The van der Waals surface area contributed by atoms with Crippen molar-refractivity contribution in [3.8, 4) is 5.75 Å². The second-order valence-corrected chi connectivity index (χ2v) is 5.76. The van der Waals surface area contributed by atoms with E-state index in [1.807, 2.05) is 0 Å². The molecule has 8 heteroatoms. The molecule has 0 amide bonds. The molecule has 0 aliphatic carbocycles. The van der Waals surface area contributed by atoms with Crippen molar-refractivity contribution in [3.05, 3.63) is 59.7 Å². The summed E-state index contributed by atoms with van der Waals surface area (Å²) >= 11 is 0. The lowest BCUT2D eigenvalue weighted by Gasteiger charge is -2.11. The zero-order valence-electron chi connectivity index (χ0n) is 10.9. The normalized spacial score (nSPS) is 12.0. The molecule has 4 nitrogen and oxygen atoms in total. The molecular weight excluding hydrogens is 321 g/mol. The Morgan fingerprint density at radius 3 is 2.18 bits per heavy atom. The second kappa shape index (κ2) is 5.80. The summed E-state index contributed by atoms with van der Waals surface area (Å²) in [6.07, 6.45) is -4.80. The third-order valence-electron chi connectivity index (χ3n) is 2.69. The smallest absolute Gasteiger partial charge is 0.379 e. The summed E-state index contributed by atoms with van der Waals surface area (Å²) in [5.41, 5.74) is -1.98. The molecule has 0 heterocycles. The Morgan fingerprint density at radius 1 is 1.00 bits per heavy atom. The fourth-order valence-corrected chi connectivity index (χ4v) is 2.67. The van der Waals surface area contributed by atoms with Crippen LogP contribution in [-0.4, -0.2) is 14.7 Å². The maximum Gasteiger partial charge on any atom is 0.417 e. The number of rotatable bonds is 4. The van der Waals surface area contributed by atoms with Gasteiger partial charge in [0.2, 0.25) is 0 Å². The van der Waals surface area contributed by atoms with Crippen LogP contribution in [-0.2, 0) is 16.3 Å². The molecule has 0 radical (unpaired) electrons. The van der Waals surface area contributed by atoms with Crippen LogP contribution in [0.4, 0.5) is 13.2 Å². The Hall–Kier alpha value is -2.35. The molecule has 0 aromatic heterocycles. The quantitative estimate of drug-likeness (QED) is 0.637. The molecule has 116 valence electrons. The lowest BCUT2D eigenvalue weighted by atomic mass is 10.1. The first-order valence-corrected chi connectivity index (χ1v) is 7.31. The van der Waals surface area contributed by atoms with Crippen molar-refractivity contribution in [1.82, 2.24) is 0 Å². The van der Waals surface area contributed by atoms with Crippen molar-refractivity contribution >= 4 is 16.4 Å². The van der Waals surface area contributed by atoms with Gasteiger partial charge in [-0.1, -0.05) is 18.2 Å². The van der Waals surface area contributed by atoms with Crippen LogP contribution in [0.15, 0.2) is 53.4 Å². The van der Waals surface area contributed by atoms with Crippen LogP contribution >= 0.6 is 0 Å². The number of para-hydroxylation sites is 1. The van der Waals surface area contributed by atoms with Crippen molar-refractivity contribution in [2.45, 2.75) is 11.1 Å². The Bertz CT molecular complexity index is 783. The summed E-state index contributed by atoms with van der Waals surface area (Å²) in [6, 6.07) is 9.38. The predicted molar refractivity (Wildman–Crippen MR) is 71.1 cm³/mol. The Morgan fingerprint density at radius 2 is 1.64 bits per heavy atom. The van der Waals surface area contributed by atoms with E-state index in [9.17, 15) is 26.4 Å². The van der Waals surface area contributed by atoms with Gasteiger partial charge >= 0.3 is 16.3 Å². The first kappa shape index (κ1) is 16.0. The topological polar surface area (TPSA) is 60.4 Å². The van der Waals surface area contributed by atoms with Gasteiger partial charge in [0.1, 0.15) is 10.6 Å². The number of halogens is 3. The first-order valence-electron chi connectivity index (χ1n) is 5.90. The zero-order valence-corrected chi connectivity index (χ0v) is 11.7. The highest BCUT2D eigenvalue weighted by Gasteiger charge is 2.34. The average molecular weight is 330 g/mol. The standard InChI is InChI=1S/C14H9F3O4S/c15-14(16,17)13-7-6-12(8-10(13)9-18)22(19,20)21-11-4-2-1-3-5-11/h1-9H. The van der Waals surface area contributed by atoms with Gasteiger partial charge in [-0.05, 0) is 30.3 Å². The van der Waals surface area contributed by atoms with Crippen molar-refractivity contribution < 1.29 is 30.6 Å². The number of aldehydes is 1. The molecule has 0 aliphatic heterocycles. The highest BCUT2D eigenvalue weighted by atomic mass is 32.2. The highest BCUT2D eigenvalue weighted by Crippen LogP contribution is 2.32. The maximum absolute atomic E-state index is 12.7. The van der Waals surface area contributed by atoms with E-state index in [1.54, 1.807) is 6.07 Å². The summed E-state index contributed by atoms with van der Waals surface area (Å²) in [6.45, 7) is 0. The largest absolute Gasteiger partial charge is 0.417 e. The monoisotopic (exact) mass is 330 g/mol. The number of carbonyl (C=O) groups is 1. The van der Waals surface area contributed by atoms with Crippen LogP contribution < -0.4 is 4.18 Å². The summed E-state index contributed by atoms with van der Waals surface area (Å²) in [5.74, 6) is 0.00931. The minimum Gasteiger partial charge on any atom is -0.379 e. The van der Waals surface area contributed by atoms with Crippen LogP contribution in [0.3, 0.4) is 0 Å². The number of hydrogen-bond donors (Lipinski definition) is 0. The van der Waals surface area contributed by atoms with Crippen molar-refractivity contribution in [2.75, 3.05) is 0 Å². The molecule has 0 unspecified atom stereocenters. The van der Waals surface area contributed by atoms with Gasteiger partial charge in [0.05, 0.1) is 5.56 Å². The van der Waals surface area contributed by atoms with Gasteiger partial charge in [0, 0.05) is 5.56 Å². The van der Waals surface area contributed by atoms with E-state index in [4.69, 9.17) is 4.18 Å². The Kier molecular flexibility index (Phi) is 4.23. The molecule has 0 N–H and O–H groups in total. The molecule has 2 aromatic rings. The van der Waals surface area contributed by atoms with Crippen LogP contribution in [0.25, 0.3) is 0 Å². The van der Waals surface area contributed by atoms with Gasteiger partial charge in [-0.25, -0.2) is 0 Å². The molecule has 0 saturated carbocycles. The lowest BCUT2D eigenvalue weighted by Crippen LogP contribution is -2.13. The zero-order chi connectivity index (χ0) is 16.4. The van der Waals surface area contributed by atoms with E-state index < -0.39 is 32.3 Å². The maximum atomic E-state index is 12.7. The fourth-order valence-electron chi connectivity index (χ4n) is 1.70. The third kappa shape index (κ3) is 3.45. The number of alkyl halides is 3. The van der Waals surface area contributed by atoms with Crippen molar-refractivity contribution in [2.24, 2.45) is 0 Å². The van der Waals surface area contributed by atoms with Crippen LogP contribution in [0.1, 0.15) is 15.9 Å². The van der Waals surface area contributed by atoms with Gasteiger partial charge in [-0.15, -0.1) is 0 Å². The molecule has 22 heavy (non-hydrogen) atoms. The van der Waals surface area contributed by atoms with Gasteiger partial charge in [0.15, 0.2) is 6.29 Å². The molecule has 0 bridgehead atoms. The average Bonchev–Trinajstić information content (AvgIpc) is 2.46. The minimum atomic E-state index is -4.75. The molecule has 0 atom stereocenters. The van der Waals surface area contributed by atoms with E-state index in [1.165, 1.54) is 24.3 Å². The number of carbonyl (C=O) groups excluding carboxylic acids is 1. The summed E-state index contributed by atoms with van der Waals surface area (Å²) in [4.78, 5) is 10.2. The first-order chi connectivity index (χ1) is 10.2. The fraction of sp³-hybridized carbons (Fsp3) is 0.0714. The van der Waals surface area contributed by atoms with Crippen molar-refractivity contribution in [1.29, 1.82) is 0 Å². The summed E-state index contributed by atoms with van der Waals surface area (Å²) in [5, 5.41) is 0. The predicted octanol–water partition coefficient (Wildman–Crippen LogP) is 3.29. The van der Waals surface area contributed by atoms with Crippen LogP contribution in [0.2, 0.25) is 0 Å². The van der Waals surface area contributed by atoms with E-state index in [2.05, 4.69) is 0 Å². The Labute approximate surface area is 124 Å². The molecule has 2 rings (SSSR count). The van der Waals surface area contributed by atoms with E-state index >= 15 is 0 Å². The van der Waals surface area contributed by atoms with Crippen molar-refractivity contribution in [3.63, 3.8) is 0 Å². The molecular formula is C14H9F3O4S. The summed E-state index contributed by atoms with van der Waals surface area (Å²) in [7, 11) is -4.33. The van der Waals surface area contributed by atoms with Gasteiger partial charge in [0.25, 0.3) is 0 Å². The lowest BCUT2D eigenvalue weighted by molar-refractivity contribution is -0.137. The van der Waals surface area contributed by atoms with Gasteiger partial charge in [-0.3, -0.25) is 4.79 Å². The summed E-state index contributed by atoms with van der Waals surface area (Å²) < 4.78 is 66.8. The van der Waals surface area contributed by atoms with Gasteiger partial charge < -0.3 is 4.18 Å². The van der Waals surface area contributed by atoms with Crippen LogP contribution in [0, 0.1) is 0 Å². The third-order valence-corrected chi connectivity index (χ3v) is 3.94. The molecule has 0 aliphatic rings. The van der Waals surface area contributed by atoms with E-state index in [-0.39, 0.29) is 12.0 Å². The second-order valence-electron chi connectivity index (χ2n) is 4.22. The SMILES string of the molecule is O=Cc1cc(S(=O)(=O)Oc2ccccc2)ccc1C(F)(F)F. The number of hydrogen-bond acceptors (Lipinski definition) is 4. The van der Waals surface area contributed by atoms with E-state index in [0.29, 0.717) is 12.1 Å². The minimum absolute atomic E-state index is 0.00931. The van der Waals surface area contributed by atoms with Gasteiger partial charge in [-0.2, -0.15) is 21.6 Å². The Balaban J connectivity index is 2.42. The van der Waals surface area contributed by atoms with E-state index in [0.717, 1.165) is 6.07 Å². The number of benzene rings is 2.